The van der Waals surface area contributed by atoms with Crippen molar-refractivity contribution in [3.8, 4) is 11.3 Å². The van der Waals surface area contributed by atoms with Crippen molar-refractivity contribution in [2.24, 2.45) is 0 Å². The lowest BCUT2D eigenvalue weighted by molar-refractivity contribution is 0.424. The molecule has 14 heavy (non-hydrogen) atoms. The van der Waals surface area contributed by atoms with Crippen molar-refractivity contribution in [1.82, 2.24) is 5.16 Å². The summed E-state index contributed by atoms with van der Waals surface area (Å²) in [6.07, 6.45) is 0. The number of rotatable bonds is 1. The van der Waals surface area contributed by atoms with Crippen molar-refractivity contribution >= 4 is 11.6 Å². The zero-order chi connectivity index (χ0) is 10.1. The second-order valence-corrected chi connectivity index (χ2v) is 3.35. The molecule has 0 atom stereocenters. The van der Waals surface area contributed by atoms with Crippen LogP contribution in [-0.2, 0) is 0 Å². The van der Waals surface area contributed by atoms with Gasteiger partial charge in [0, 0.05) is 11.6 Å². The van der Waals surface area contributed by atoms with Crippen molar-refractivity contribution in [3.63, 3.8) is 0 Å². The summed E-state index contributed by atoms with van der Waals surface area (Å²) < 4.78 is 17.5. The van der Waals surface area contributed by atoms with E-state index >= 15 is 0 Å². The molecule has 0 N–H and O–H groups in total. The molecule has 0 amide bonds. The zero-order valence-corrected chi connectivity index (χ0v) is 8.18. The van der Waals surface area contributed by atoms with Crippen LogP contribution in [0.2, 0.25) is 5.22 Å². The first-order chi connectivity index (χ1) is 6.66. The molecule has 2 aromatic rings. The second-order valence-electron chi connectivity index (χ2n) is 2.98. The summed E-state index contributed by atoms with van der Waals surface area (Å²) >= 11 is 5.59. The SMILES string of the molecule is Cc1cc(F)ccc1-c1cc(Cl)on1. The number of hydrogen-bond donors (Lipinski definition) is 0. The molecule has 1 aromatic carbocycles. The highest BCUT2D eigenvalue weighted by Crippen LogP contribution is 2.25. The standard InChI is InChI=1S/C10H7ClFNO/c1-6-4-7(12)2-3-8(6)9-5-10(11)14-13-9/h2-5H,1H3. The van der Waals surface area contributed by atoms with Crippen molar-refractivity contribution < 1.29 is 8.91 Å². The molecule has 0 aliphatic heterocycles. The Morgan fingerprint density at radius 3 is 2.71 bits per heavy atom. The highest BCUT2D eigenvalue weighted by Gasteiger charge is 2.07. The van der Waals surface area contributed by atoms with E-state index in [1.54, 1.807) is 19.1 Å². The van der Waals surface area contributed by atoms with Crippen LogP contribution >= 0.6 is 11.6 Å². The van der Waals surface area contributed by atoms with Crippen LogP contribution in [0.1, 0.15) is 5.56 Å². The van der Waals surface area contributed by atoms with Crippen molar-refractivity contribution in [2.75, 3.05) is 0 Å². The number of aryl methyl sites for hydroxylation is 1. The lowest BCUT2D eigenvalue weighted by Gasteiger charge is -2.00. The Bertz CT molecular complexity index is 467. The van der Waals surface area contributed by atoms with Gasteiger partial charge in [-0.25, -0.2) is 4.39 Å². The molecule has 0 aliphatic rings. The Labute approximate surface area is 85.3 Å². The van der Waals surface area contributed by atoms with Gasteiger partial charge in [0.15, 0.2) is 0 Å². The van der Waals surface area contributed by atoms with E-state index in [9.17, 15) is 4.39 Å². The predicted octanol–water partition coefficient (Wildman–Crippen LogP) is 3.44. The topological polar surface area (TPSA) is 26.0 Å². The quantitative estimate of drug-likeness (QED) is 0.722. The number of hydrogen-bond acceptors (Lipinski definition) is 2. The molecule has 0 fully saturated rings. The molecule has 1 aromatic heterocycles. The molecule has 2 rings (SSSR count). The molecule has 0 aliphatic carbocycles. The molecule has 4 heteroatoms. The third kappa shape index (κ3) is 1.63. The van der Waals surface area contributed by atoms with Crippen LogP contribution in [0.4, 0.5) is 4.39 Å². The largest absolute Gasteiger partial charge is 0.344 e. The van der Waals surface area contributed by atoms with Crippen LogP contribution in [0.15, 0.2) is 28.8 Å². The normalized spacial score (nSPS) is 10.5. The number of aromatic nitrogens is 1. The van der Waals surface area contributed by atoms with E-state index < -0.39 is 0 Å². The minimum absolute atomic E-state index is 0.226. The van der Waals surface area contributed by atoms with E-state index in [1.165, 1.54) is 12.1 Å². The summed E-state index contributed by atoms with van der Waals surface area (Å²) in [5, 5.41) is 3.97. The number of nitrogens with zero attached hydrogens (tertiary/aromatic N) is 1. The fraction of sp³-hybridized carbons (Fsp3) is 0.100. The Kier molecular flexibility index (Phi) is 2.25. The Morgan fingerprint density at radius 1 is 1.36 bits per heavy atom. The minimum atomic E-state index is -0.263. The van der Waals surface area contributed by atoms with Crippen LogP contribution in [-0.4, -0.2) is 5.16 Å². The fourth-order valence-electron chi connectivity index (χ4n) is 1.29. The average molecular weight is 212 g/mol. The van der Waals surface area contributed by atoms with Crippen LogP contribution in [0, 0.1) is 12.7 Å². The molecule has 0 unspecified atom stereocenters. The molecule has 0 radical (unpaired) electrons. The molecule has 2 nitrogen and oxygen atoms in total. The van der Waals surface area contributed by atoms with Gasteiger partial charge in [0.25, 0.3) is 0 Å². The molecule has 0 spiro atoms. The van der Waals surface area contributed by atoms with E-state index in [2.05, 4.69) is 5.16 Å². The van der Waals surface area contributed by atoms with Gasteiger partial charge in [0.2, 0.25) is 5.22 Å². The highest BCUT2D eigenvalue weighted by atomic mass is 35.5. The first-order valence-electron chi connectivity index (χ1n) is 4.05. The smallest absolute Gasteiger partial charge is 0.226 e. The van der Waals surface area contributed by atoms with Crippen molar-refractivity contribution in [2.45, 2.75) is 6.92 Å². The van der Waals surface area contributed by atoms with Gasteiger partial charge >= 0.3 is 0 Å². The zero-order valence-electron chi connectivity index (χ0n) is 7.42. The van der Waals surface area contributed by atoms with E-state index in [-0.39, 0.29) is 11.0 Å². The van der Waals surface area contributed by atoms with Crippen LogP contribution < -0.4 is 0 Å². The first-order valence-corrected chi connectivity index (χ1v) is 4.43. The van der Waals surface area contributed by atoms with Gasteiger partial charge in [-0.05, 0) is 42.3 Å². The average Bonchev–Trinajstić information content (AvgIpc) is 2.51. The van der Waals surface area contributed by atoms with Gasteiger partial charge in [-0.3, -0.25) is 0 Å². The van der Waals surface area contributed by atoms with Crippen LogP contribution in [0.5, 0.6) is 0 Å². The van der Waals surface area contributed by atoms with Gasteiger partial charge in [-0.1, -0.05) is 5.16 Å². The second kappa shape index (κ2) is 3.42. The maximum Gasteiger partial charge on any atom is 0.226 e. The van der Waals surface area contributed by atoms with Gasteiger partial charge in [0.05, 0.1) is 0 Å². The van der Waals surface area contributed by atoms with Crippen molar-refractivity contribution in [1.29, 1.82) is 0 Å². The Hall–Kier alpha value is -1.35. The first kappa shape index (κ1) is 9.21. The summed E-state index contributed by atoms with van der Waals surface area (Å²) in [5.74, 6) is -0.263. The van der Waals surface area contributed by atoms with Crippen LogP contribution in [0.3, 0.4) is 0 Å². The summed E-state index contributed by atoms with van der Waals surface area (Å²) in [4.78, 5) is 0. The summed E-state index contributed by atoms with van der Waals surface area (Å²) in [6.45, 7) is 1.81. The van der Waals surface area contributed by atoms with Gasteiger partial charge in [-0.2, -0.15) is 0 Å². The monoisotopic (exact) mass is 211 g/mol. The summed E-state index contributed by atoms with van der Waals surface area (Å²) in [7, 11) is 0. The van der Waals surface area contributed by atoms with Gasteiger partial charge in [0.1, 0.15) is 11.5 Å². The van der Waals surface area contributed by atoms with E-state index in [0.29, 0.717) is 5.69 Å². The van der Waals surface area contributed by atoms with Crippen molar-refractivity contribution in [3.05, 3.63) is 40.9 Å². The summed E-state index contributed by atoms with van der Waals surface area (Å²) in [5.41, 5.74) is 2.24. The van der Waals surface area contributed by atoms with E-state index in [4.69, 9.17) is 16.1 Å². The summed E-state index contributed by atoms with van der Waals surface area (Å²) in [6, 6.07) is 6.07. The molecular formula is C10H7ClFNO. The van der Waals surface area contributed by atoms with Crippen LogP contribution in [0.25, 0.3) is 11.3 Å². The predicted molar refractivity (Wildman–Crippen MR) is 51.6 cm³/mol. The Morgan fingerprint density at radius 2 is 2.14 bits per heavy atom. The molecule has 72 valence electrons. The molecule has 0 saturated carbocycles. The minimum Gasteiger partial charge on any atom is -0.344 e. The third-order valence-electron chi connectivity index (χ3n) is 1.95. The Balaban J connectivity index is 2.52. The fourth-order valence-corrected chi connectivity index (χ4v) is 1.43. The lowest BCUT2D eigenvalue weighted by Crippen LogP contribution is -1.84. The molecule has 0 saturated heterocycles. The number of halogens is 2. The lowest BCUT2D eigenvalue weighted by atomic mass is 10.1. The highest BCUT2D eigenvalue weighted by molar-refractivity contribution is 6.29. The molecular weight excluding hydrogens is 205 g/mol. The van der Waals surface area contributed by atoms with E-state index in [1.807, 2.05) is 0 Å². The maximum absolute atomic E-state index is 12.8. The third-order valence-corrected chi connectivity index (χ3v) is 2.12. The number of benzene rings is 1. The van der Waals surface area contributed by atoms with Gasteiger partial charge < -0.3 is 4.52 Å². The molecule has 1 heterocycles. The van der Waals surface area contributed by atoms with E-state index in [0.717, 1.165) is 11.1 Å². The maximum atomic E-state index is 12.8. The van der Waals surface area contributed by atoms with Gasteiger partial charge in [-0.15, -0.1) is 0 Å². The molecule has 0 bridgehead atoms.